The molecule has 1 aliphatic rings. The van der Waals surface area contributed by atoms with Crippen molar-refractivity contribution in [3.63, 3.8) is 0 Å². The molecule has 0 aromatic heterocycles. The number of amides is 1. The zero-order valence-electron chi connectivity index (χ0n) is 14.4. The Morgan fingerprint density at radius 2 is 1.79 bits per heavy atom. The summed E-state index contributed by atoms with van der Waals surface area (Å²) in [4.78, 5) is 14.4. The van der Waals surface area contributed by atoms with Crippen molar-refractivity contribution < 1.29 is 13.2 Å². The van der Waals surface area contributed by atoms with E-state index < -0.39 is 10.0 Å². The number of nitrogens with zero attached hydrogens (tertiary/aromatic N) is 1. The topological polar surface area (TPSA) is 92.5 Å². The second-order valence-corrected chi connectivity index (χ2v) is 8.49. The van der Waals surface area contributed by atoms with Crippen molar-refractivity contribution in [3.8, 4) is 0 Å². The van der Waals surface area contributed by atoms with Crippen molar-refractivity contribution in [3.05, 3.63) is 29.8 Å². The fraction of sp³-hybridized carbons (Fsp3) is 0.588. The lowest BCUT2D eigenvalue weighted by molar-refractivity contribution is -0.122. The molecule has 2 rings (SSSR count). The Morgan fingerprint density at radius 1 is 1.21 bits per heavy atom. The summed E-state index contributed by atoms with van der Waals surface area (Å²) < 4.78 is 22.4. The zero-order valence-corrected chi connectivity index (χ0v) is 15.2. The summed E-state index contributed by atoms with van der Waals surface area (Å²) in [6, 6.07) is 6.42. The third kappa shape index (κ3) is 5.89. The number of sulfonamides is 1. The number of nitrogens with two attached hydrogens (primary N) is 1. The van der Waals surface area contributed by atoms with Crippen LogP contribution in [-0.2, 0) is 21.2 Å². The van der Waals surface area contributed by atoms with Gasteiger partial charge in [-0.1, -0.05) is 26.0 Å². The summed E-state index contributed by atoms with van der Waals surface area (Å²) in [7, 11) is -3.65. The molecule has 0 bridgehead atoms. The van der Waals surface area contributed by atoms with E-state index in [4.69, 9.17) is 5.14 Å². The first kappa shape index (κ1) is 18.9. The second-order valence-electron chi connectivity index (χ2n) is 6.93. The van der Waals surface area contributed by atoms with E-state index in [1.54, 1.807) is 12.1 Å². The van der Waals surface area contributed by atoms with Gasteiger partial charge in [0.15, 0.2) is 0 Å². The quantitative estimate of drug-likeness (QED) is 0.797. The first-order valence-electron chi connectivity index (χ1n) is 8.35. The lowest BCUT2D eigenvalue weighted by Gasteiger charge is -2.34. The van der Waals surface area contributed by atoms with Crippen LogP contribution in [0, 0.1) is 11.8 Å². The molecule has 1 aromatic carbocycles. The van der Waals surface area contributed by atoms with E-state index >= 15 is 0 Å². The number of carbonyl (C=O) groups is 1. The maximum Gasteiger partial charge on any atom is 0.238 e. The minimum absolute atomic E-state index is 0.0393. The zero-order chi connectivity index (χ0) is 17.7. The van der Waals surface area contributed by atoms with Crippen LogP contribution < -0.4 is 10.5 Å². The molecule has 1 saturated heterocycles. The molecule has 1 heterocycles. The van der Waals surface area contributed by atoms with E-state index in [0.29, 0.717) is 31.3 Å². The van der Waals surface area contributed by atoms with Gasteiger partial charge in [0, 0.05) is 19.6 Å². The lowest BCUT2D eigenvalue weighted by Crippen LogP contribution is -2.44. The summed E-state index contributed by atoms with van der Waals surface area (Å²) in [5, 5.41) is 8.00. The molecule has 7 heteroatoms. The first-order valence-corrected chi connectivity index (χ1v) is 9.89. The number of hydrogen-bond acceptors (Lipinski definition) is 4. The molecule has 0 saturated carbocycles. The van der Waals surface area contributed by atoms with Gasteiger partial charge < -0.3 is 5.32 Å². The number of benzene rings is 1. The summed E-state index contributed by atoms with van der Waals surface area (Å²) in [5.41, 5.74) is 0.961. The highest BCUT2D eigenvalue weighted by molar-refractivity contribution is 7.89. The van der Waals surface area contributed by atoms with Gasteiger partial charge in [0.25, 0.3) is 0 Å². The van der Waals surface area contributed by atoms with Gasteiger partial charge in [0.2, 0.25) is 15.9 Å². The number of carbonyl (C=O) groups excluding carboxylic acids is 1. The molecule has 0 aliphatic carbocycles. The van der Waals surface area contributed by atoms with Crippen LogP contribution in [0.2, 0.25) is 0 Å². The van der Waals surface area contributed by atoms with Gasteiger partial charge in [-0.25, -0.2) is 13.6 Å². The largest absolute Gasteiger partial charge is 0.355 e. The highest BCUT2D eigenvalue weighted by atomic mass is 32.2. The Labute approximate surface area is 144 Å². The number of likely N-dealkylation sites (tertiary alicyclic amines) is 1. The van der Waals surface area contributed by atoms with Crippen LogP contribution in [0.25, 0.3) is 0 Å². The van der Waals surface area contributed by atoms with Gasteiger partial charge in [-0.3, -0.25) is 9.69 Å². The van der Waals surface area contributed by atoms with Crippen LogP contribution in [0.4, 0.5) is 0 Å². The van der Waals surface area contributed by atoms with Crippen LogP contribution in [-0.4, -0.2) is 45.4 Å². The third-order valence-corrected chi connectivity index (χ3v) is 5.23. The van der Waals surface area contributed by atoms with Crippen molar-refractivity contribution in [2.45, 2.75) is 31.6 Å². The minimum atomic E-state index is -3.65. The third-order valence-electron chi connectivity index (χ3n) is 4.30. The predicted octanol–water partition coefficient (Wildman–Crippen LogP) is 0.971. The van der Waals surface area contributed by atoms with Crippen LogP contribution in [0.15, 0.2) is 29.2 Å². The molecule has 0 spiro atoms. The molecule has 1 amide bonds. The van der Waals surface area contributed by atoms with Gasteiger partial charge in [-0.2, -0.15) is 0 Å². The number of piperidine rings is 1. The molecule has 1 aromatic rings. The van der Waals surface area contributed by atoms with E-state index in [-0.39, 0.29) is 10.8 Å². The van der Waals surface area contributed by atoms with Gasteiger partial charge in [0.1, 0.15) is 0 Å². The van der Waals surface area contributed by atoms with E-state index in [2.05, 4.69) is 24.1 Å². The lowest BCUT2D eigenvalue weighted by atomic mass is 9.92. The Kier molecular flexibility index (Phi) is 6.37. The molecule has 1 fully saturated rings. The Balaban J connectivity index is 1.74. The van der Waals surface area contributed by atoms with Crippen molar-refractivity contribution in [2.75, 3.05) is 26.2 Å². The van der Waals surface area contributed by atoms with Crippen molar-refractivity contribution in [1.82, 2.24) is 10.2 Å². The maximum absolute atomic E-state index is 12.1. The normalized spacial score (nSPS) is 22.3. The SMILES string of the molecule is C[C@@H]1C[C@H](C)CN(CC(=O)NCCc2ccc(S(N)(=O)=O)cc2)C1. The Bertz CT molecular complexity index is 648. The molecule has 2 atom stereocenters. The number of hydrogen-bond donors (Lipinski definition) is 2. The van der Waals surface area contributed by atoms with Crippen LogP contribution in [0.3, 0.4) is 0 Å². The van der Waals surface area contributed by atoms with Crippen LogP contribution >= 0.6 is 0 Å². The van der Waals surface area contributed by atoms with Gasteiger partial charge >= 0.3 is 0 Å². The van der Waals surface area contributed by atoms with Crippen molar-refractivity contribution in [2.24, 2.45) is 17.0 Å². The molecular formula is C17H27N3O3S. The van der Waals surface area contributed by atoms with Crippen molar-refractivity contribution >= 4 is 15.9 Å². The van der Waals surface area contributed by atoms with E-state index in [9.17, 15) is 13.2 Å². The molecular weight excluding hydrogens is 326 g/mol. The monoisotopic (exact) mass is 353 g/mol. The molecule has 0 unspecified atom stereocenters. The average molecular weight is 353 g/mol. The standard InChI is InChI=1S/C17H27N3O3S/c1-13-9-14(2)11-20(10-13)12-17(21)19-8-7-15-3-5-16(6-4-15)24(18,22)23/h3-6,13-14H,7-12H2,1-2H3,(H,19,21)(H2,18,22,23)/t13-,14+. The van der Waals surface area contributed by atoms with E-state index in [1.807, 2.05) is 0 Å². The first-order chi connectivity index (χ1) is 11.2. The number of rotatable bonds is 6. The molecule has 0 radical (unpaired) electrons. The Morgan fingerprint density at radius 3 is 2.33 bits per heavy atom. The highest BCUT2D eigenvalue weighted by Gasteiger charge is 2.23. The van der Waals surface area contributed by atoms with Gasteiger partial charge in [-0.15, -0.1) is 0 Å². The highest BCUT2D eigenvalue weighted by Crippen LogP contribution is 2.20. The second kappa shape index (κ2) is 8.09. The summed E-state index contributed by atoms with van der Waals surface area (Å²) >= 11 is 0. The summed E-state index contributed by atoms with van der Waals surface area (Å²) in [5.74, 6) is 1.32. The van der Waals surface area contributed by atoms with Gasteiger partial charge in [-0.05, 0) is 42.4 Å². The average Bonchev–Trinajstić information content (AvgIpc) is 2.45. The molecule has 134 valence electrons. The van der Waals surface area contributed by atoms with E-state index in [1.165, 1.54) is 18.6 Å². The number of primary sulfonamides is 1. The summed E-state index contributed by atoms with van der Waals surface area (Å²) in [6.07, 6.45) is 1.88. The fourth-order valence-corrected chi connectivity index (χ4v) is 3.89. The predicted molar refractivity (Wildman–Crippen MR) is 93.9 cm³/mol. The van der Waals surface area contributed by atoms with Crippen molar-refractivity contribution in [1.29, 1.82) is 0 Å². The van der Waals surface area contributed by atoms with Crippen LogP contribution in [0.1, 0.15) is 25.8 Å². The fourth-order valence-electron chi connectivity index (χ4n) is 3.37. The molecule has 24 heavy (non-hydrogen) atoms. The van der Waals surface area contributed by atoms with E-state index in [0.717, 1.165) is 18.7 Å². The molecule has 1 aliphatic heterocycles. The van der Waals surface area contributed by atoms with Crippen LogP contribution in [0.5, 0.6) is 0 Å². The number of nitrogens with one attached hydrogen (secondary N) is 1. The minimum Gasteiger partial charge on any atom is -0.355 e. The van der Waals surface area contributed by atoms with Gasteiger partial charge in [0.05, 0.1) is 11.4 Å². The summed E-state index contributed by atoms with van der Waals surface area (Å²) in [6.45, 7) is 7.39. The smallest absolute Gasteiger partial charge is 0.238 e. The maximum atomic E-state index is 12.1. The molecule has 3 N–H and O–H groups in total. The molecule has 6 nitrogen and oxygen atoms in total. The Hall–Kier alpha value is -1.44.